The predicted octanol–water partition coefficient (Wildman–Crippen LogP) is 4.63. The van der Waals surface area contributed by atoms with Crippen molar-refractivity contribution in [3.8, 4) is 5.75 Å². The molecule has 0 aromatic heterocycles. The van der Waals surface area contributed by atoms with Crippen LogP contribution in [0.5, 0.6) is 5.75 Å². The number of halogens is 2. The first-order valence-electron chi connectivity index (χ1n) is 7.54. The number of thioether (sulfide) groups is 1. The number of likely N-dealkylation sites (N-methyl/N-ethyl adjacent to an activating group) is 1. The number of rotatable bonds is 3. The van der Waals surface area contributed by atoms with Gasteiger partial charge in [-0.1, -0.05) is 29.3 Å². The van der Waals surface area contributed by atoms with E-state index in [1.165, 1.54) is 23.1 Å². The van der Waals surface area contributed by atoms with Crippen LogP contribution in [0.2, 0.25) is 10.0 Å². The van der Waals surface area contributed by atoms with Gasteiger partial charge in [0.1, 0.15) is 11.3 Å². The molecule has 1 heterocycles. The molecule has 0 radical (unpaired) electrons. The molecule has 27 heavy (non-hydrogen) atoms. The Balaban J connectivity index is 1.94. The molecule has 2 aromatic carbocycles. The van der Waals surface area contributed by atoms with Crippen molar-refractivity contribution in [2.45, 2.75) is 0 Å². The van der Waals surface area contributed by atoms with Gasteiger partial charge < -0.3 is 10.2 Å². The van der Waals surface area contributed by atoms with Gasteiger partial charge in [0.25, 0.3) is 5.91 Å². The molecule has 1 amide bonds. The fourth-order valence-electron chi connectivity index (χ4n) is 2.31. The molecule has 0 aliphatic carbocycles. The lowest BCUT2D eigenvalue weighted by molar-refractivity contribution is -0.121. The average Bonchev–Trinajstić information content (AvgIpc) is 2.86. The van der Waals surface area contributed by atoms with Gasteiger partial charge in [-0.2, -0.15) is 0 Å². The Kier molecular flexibility index (Phi) is 5.46. The third kappa shape index (κ3) is 3.95. The van der Waals surface area contributed by atoms with E-state index >= 15 is 0 Å². The van der Waals surface area contributed by atoms with E-state index in [2.05, 4.69) is 4.99 Å². The Bertz CT molecular complexity index is 1000. The van der Waals surface area contributed by atoms with Crippen molar-refractivity contribution in [3.63, 3.8) is 0 Å². The summed E-state index contributed by atoms with van der Waals surface area (Å²) in [5, 5.41) is 20.0. The SMILES string of the molecule is CN1C(=O)/C(=C/c2c(Cl)cccc2Cl)SC1=Nc1ccc(C(=O)O)c(O)c1. The summed E-state index contributed by atoms with van der Waals surface area (Å²) in [5.41, 5.74) is 0.628. The normalized spacial score (nSPS) is 17.1. The average molecular weight is 423 g/mol. The summed E-state index contributed by atoms with van der Waals surface area (Å²) in [7, 11) is 1.56. The highest BCUT2D eigenvalue weighted by atomic mass is 35.5. The zero-order valence-corrected chi connectivity index (χ0v) is 16.1. The Morgan fingerprint density at radius 3 is 2.48 bits per heavy atom. The van der Waals surface area contributed by atoms with E-state index in [0.29, 0.717) is 31.4 Å². The number of phenols is 1. The van der Waals surface area contributed by atoms with Gasteiger partial charge in [0.15, 0.2) is 5.17 Å². The number of carbonyl (C=O) groups excluding carboxylic acids is 1. The summed E-state index contributed by atoms with van der Waals surface area (Å²) in [6.45, 7) is 0. The van der Waals surface area contributed by atoms with Crippen LogP contribution in [0.3, 0.4) is 0 Å². The smallest absolute Gasteiger partial charge is 0.339 e. The molecule has 138 valence electrons. The Hall–Kier alpha value is -2.48. The number of aliphatic imine (C=N–C) groups is 1. The maximum absolute atomic E-state index is 12.5. The monoisotopic (exact) mass is 422 g/mol. The largest absolute Gasteiger partial charge is 0.507 e. The number of hydrogen-bond acceptors (Lipinski definition) is 5. The molecule has 1 aliphatic rings. The second kappa shape index (κ2) is 7.64. The van der Waals surface area contributed by atoms with Crippen molar-refractivity contribution < 1.29 is 19.8 Å². The van der Waals surface area contributed by atoms with Crippen LogP contribution < -0.4 is 0 Å². The fourth-order valence-corrected chi connectivity index (χ4v) is 3.79. The molecule has 1 fully saturated rings. The van der Waals surface area contributed by atoms with Crippen LogP contribution in [0.15, 0.2) is 46.3 Å². The number of hydrogen-bond donors (Lipinski definition) is 2. The molecule has 1 saturated heterocycles. The van der Waals surface area contributed by atoms with Gasteiger partial charge in [0.2, 0.25) is 0 Å². The van der Waals surface area contributed by atoms with Crippen LogP contribution in [0, 0.1) is 0 Å². The summed E-state index contributed by atoms with van der Waals surface area (Å²) in [4.78, 5) is 29.5. The molecular weight excluding hydrogens is 411 g/mol. The number of nitrogens with zero attached hydrogens (tertiary/aromatic N) is 2. The standard InChI is InChI=1S/C18H12Cl2N2O4S/c1-22-16(24)15(8-11-12(19)3-2-4-13(11)20)27-18(22)21-9-5-6-10(17(25)26)14(23)7-9/h2-8,23H,1H3,(H,25,26)/b15-8-,21-18?. The van der Waals surface area contributed by atoms with E-state index in [4.69, 9.17) is 28.3 Å². The minimum absolute atomic E-state index is 0.226. The molecule has 9 heteroatoms. The zero-order chi connectivity index (χ0) is 19.7. The Morgan fingerprint density at radius 2 is 1.89 bits per heavy atom. The van der Waals surface area contributed by atoms with Crippen LogP contribution in [-0.2, 0) is 4.79 Å². The maximum atomic E-state index is 12.5. The van der Waals surface area contributed by atoms with Gasteiger partial charge in [0.05, 0.1) is 10.6 Å². The van der Waals surface area contributed by atoms with Crippen molar-refractivity contribution in [2.75, 3.05) is 7.05 Å². The van der Waals surface area contributed by atoms with E-state index < -0.39 is 11.7 Å². The van der Waals surface area contributed by atoms with Crippen LogP contribution in [0.4, 0.5) is 5.69 Å². The van der Waals surface area contributed by atoms with Crippen molar-refractivity contribution in [1.29, 1.82) is 0 Å². The number of benzene rings is 2. The lowest BCUT2D eigenvalue weighted by Gasteiger charge is -2.07. The van der Waals surface area contributed by atoms with Crippen molar-refractivity contribution >= 4 is 63.8 Å². The molecule has 0 bridgehead atoms. The summed E-state index contributed by atoms with van der Waals surface area (Å²) >= 11 is 13.4. The molecule has 2 aromatic rings. The number of amides is 1. The molecule has 0 spiro atoms. The Morgan fingerprint density at radius 1 is 1.22 bits per heavy atom. The lowest BCUT2D eigenvalue weighted by Crippen LogP contribution is -2.23. The molecule has 0 unspecified atom stereocenters. The molecular formula is C18H12Cl2N2O4S. The van der Waals surface area contributed by atoms with Crippen LogP contribution in [0.1, 0.15) is 15.9 Å². The van der Waals surface area contributed by atoms with Crippen molar-refractivity contribution in [2.24, 2.45) is 4.99 Å². The van der Waals surface area contributed by atoms with Crippen molar-refractivity contribution in [1.82, 2.24) is 4.90 Å². The quantitative estimate of drug-likeness (QED) is 0.703. The number of aromatic carboxylic acids is 1. The first-order valence-corrected chi connectivity index (χ1v) is 9.12. The van der Waals surface area contributed by atoms with E-state index in [0.717, 1.165) is 11.8 Å². The van der Waals surface area contributed by atoms with E-state index in [9.17, 15) is 14.7 Å². The van der Waals surface area contributed by atoms with E-state index in [1.807, 2.05) is 0 Å². The lowest BCUT2D eigenvalue weighted by atomic mass is 10.2. The highest BCUT2D eigenvalue weighted by Crippen LogP contribution is 2.36. The van der Waals surface area contributed by atoms with E-state index in [1.54, 1.807) is 31.3 Å². The van der Waals surface area contributed by atoms with Gasteiger partial charge in [-0.15, -0.1) is 0 Å². The Labute approximate surface area is 168 Å². The topological polar surface area (TPSA) is 90.2 Å². The minimum Gasteiger partial charge on any atom is -0.507 e. The molecule has 0 atom stereocenters. The third-order valence-corrected chi connectivity index (χ3v) is 5.43. The summed E-state index contributed by atoms with van der Waals surface area (Å²) in [6.07, 6.45) is 1.60. The molecule has 3 rings (SSSR count). The zero-order valence-electron chi connectivity index (χ0n) is 13.8. The summed E-state index contributed by atoms with van der Waals surface area (Å²) in [6, 6.07) is 8.98. The molecule has 2 N–H and O–H groups in total. The highest BCUT2D eigenvalue weighted by molar-refractivity contribution is 8.18. The van der Waals surface area contributed by atoms with Gasteiger partial charge >= 0.3 is 5.97 Å². The van der Waals surface area contributed by atoms with E-state index in [-0.39, 0.29) is 11.5 Å². The first-order chi connectivity index (χ1) is 12.8. The van der Waals surface area contributed by atoms with Crippen molar-refractivity contribution in [3.05, 3.63) is 62.5 Å². The number of aromatic hydroxyl groups is 1. The number of carbonyl (C=O) groups is 2. The highest BCUT2D eigenvalue weighted by Gasteiger charge is 2.30. The molecule has 0 saturated carbocycles. The number of carboxylic acids is 1. The summed E-state index contributed by atoms with van der Waals surface area (Å²) < 4.78 is 0. The van der Waals surface area contributed by atoms with Crippen LogP contribution >= 0.6 is 35.0 Å². The van der Waals surface area contributed by atoms with Gasteiger partial charge in [0, 0.05) is 28.7 Å². The number of amidine groups is 1. The second-order valence-electron chi connectivity index (χ2n) is 5.51. The fraction of sp³-hybridized carbons (Fsp3) is 0.0556. The molecule has 6 nitrogen and oxygen atoms in total. The van der Waals surface area contributed by atoms with Gasteiger partial charge in [-0.05, 0) is 42.1 Å². The van der Waals surface area contributed by atoms with Gasteiger partial charge in [-0.3, -0.25) is 9.69 Å². The first kappa shape index (κ1) is 19.3. The van der Waals surface area contributed by atoms with Crippen LogP contribution in [0.25, 0.3) is 6.08 Å². The summed E-state index contributed by atoms with van der Waals surface area (Å²) in [5.74, 6) is -1.92. The predicted molar refractivity (Wildman–Crippen MR) is 107 cm³/mol. The third-order valence-electron chi connectivity index (χ3n) is 3.72. The van der Waals surface area contributed by atoms with Crippen LogP contribution in [-0.4, -0.2) is 39.2 Å². The maximum Gasteiger partial charge on any atom is 0.339 e. The second-order valence-corrected chi connectivity index (χ2v) is 7.33. The minimum atomic E-state index is -1.24. The van der Waals surface area contributed by atoms with Gasteiger partial charge in [-0.25, -0.2) is 9.79 Å². The number of carboxylic acid groups (broad SMARTS) is 1. The molecule has 1 aliphatic heterocycles.